The average molecular weight is 210 g/mol. The van der Waals surface area contributed by atoms with E-state index in [1.165, 1.54) is 6.20 Å². The molecule has 0 aliphatic carbocycles. The molecule has 0 unspecified atom stereocenters. The van der Waals surface area contributed by atoms with Crippen molar-refractivity contribution in [3.05, 3.63) is 23.3 Å². The van der Waals surface area contributed by atoms with Crippen molar-refractivity contribution in [1.29, 1.82) is 0 Å². The number of hydrogen-bond donors (Lipinski definition) is 1. The lowest BCUT2D eigenvalue weighted by Gasteiger charge is -2.02. The minimum absolute atomic E-state index is 0.0391. The van der Waals surface area contributed by atoms with Crippen LogP contribution in [0.1, 0.15) is 33.6 Å². The SMILES string of the molecule is CCOCc1ncc(C=O)c(C(=O)O)n1. The molecule has 6 nitrogen and oxygen atoms in total. The normalized spacial score (nSPS) is 9.93. The molecule has 0 saturated heterocycles. The molecule has 80 valence electrons. The van der Waals surface area contributed by atoms with Crippen LogP contribution < -0.4 is 0 Å². The molecule has 0 aliphatic heterocycles. The van der Waals surface area contributed by atoms with Crippen LogP contribution in [0.2, 0.25) is 0 Å². The minimum atomic E-state index is -1.25. The Morgan fingerprint density at radius 3 is 2.93 bits per heavy atom. The molecule has 0 aromatic carbocycles. The fourth-order valence-corrected chi connectivity index (χ4v) is 0.948. The summed E-state index contributed by atoms with van der Waals surface area (Å²) in [5, 5.41) is 8.76. The number of carbonyl (C=O) groups is 2. The lowest BCUT2D eigenvalue weighted by atomic mass is 10.2. The fraction of sp³-hybridized carbons (Fsp3) is 0.333. The van der Waals surface area contributed by atoms with E-state index in [1.807, 2.05) is 0 Å². The third-order valence-corrected chi connectivity index (χ3v) is 1.63. The van der Waals surface area contributed by atoms with E-state index in [4.69, 9.17) is 9.84 Å². The van der Waals surface area contributed by atoms with Crippen LogP contribution in [0.3, 0.4) is 0 Å². The third-order valence-electron chi connectivity index (χ3n) is 1.63. The minimum Gasteiger partial charge on any atom is -0.476 e. The molecule has 1 N–H and O–H groups in total. The van der Waals surface area contributed by atoms with E-state index >= 15 is 0 Å². The van der Waals surface area contributed by atoms with Gasteiger partial charge in [-0.2, -0.15) is 0 Å². The molecule has 15 heavy (non-hydrogen) atoms. The van der Waals surface area contributed by atoms with Gasteiger partial charge in [0, 0.05) is 12.8 Å². The topological polar surface area (TPSA) is 89.4 Å². The second kappa shape index (κ2) is 5.16. The predicted octanol–water partition coefficient (Wildman–Crippen LogP) is 0.524. The number of aldehydes is 1. The number of hydrogen-bond acceptors (Lipinski definition) is 5. The van der Waals surface area contributed by atoms with Crippen LogP contribution >= 0.6 is 0 Å². The van der Waals surface area contributed by atoms with Gasteiger partial charge in [-0.1, -0.05) is 0 Å². The highest BCUT2D eigenvalue weighted by atomic mass is 16.5. The zero-order valence-electron chi connectivity index (χ0n) is 8.14. The van der Waals surface area contributed by atoms with Gasteiger partial charge in [0.1, 0.15) is 6.61 Å². The van der Waals surface area contributed by atoms with E-state index in [9.17, 15) is 9.59 Å². The third kappa shape index (κ3) is 2.81. The Balaban J connectivity index is 2.99. The molecule has 0 saturated carbocycles. The molecule has 0 atom stereocenters. The van der Waals surface area contributed by atoms with Crippen LogP contribution in [-0.4, -0.2) is 33.9 Å². The summed E-state index contributed by atoms with van der Waals surface area (Å²) in [6, 6.07) is 0. The number of carbonyl (C=O) groups excluding carboxylic acids is 1. The molecule has 0 fully saturated rings. The number of ether oxygens (including phenoxy) is 1. The maximum Gasteiger partial charge on any atom is 0.355 e. The highest BCUT2D eigenvalue weighted by molar-refractivity contribution is 5.94. The number of carboxylic acid groups (broad SMARTS) is 1. The first-order valence-corrected chi connectivity index (χ1v) is 4.31. The second-order valence-electron chi connectivity index (χ2n) is 2.65. The highest BCUT2D eigenvalue weighted by Gasteiger charge is 2.13. The number of aromatic nitrogens is 2. The van der Waals surface area contributed by atoms with Crippen molar-refractivity contribution in [2.75, 3.05) is 6.61 Å². The molecule has 1 aromatic rings. The molecule has 0 bridgehead atoms. The maximum absolute atomic E-state index is 10.7. The van der Waals surface area contributed by atoms with E-state index < -0.39 is 5.97 Å². The van der Waals surface area contributed by atoms with Gasteiger partial charge in [0.15, 0.2) is 17.8 Å². The van der Waals surface area contributed by atoms with Crippen molar-refractivity contribution < 1.29 is 19.4 Å². The van der Waals surface area contributed by atoms with E-state index in [1.54, 1.807) is 6.92 Å². The van der Waals surface area contributed by atoms with E-state index in [2.05, 4.69) is 9.97 Å². The van der Waals surface area contributed by atoms with E-state index in [0.29, 0.717) is 12.9 Å². The summed E-state index contributed by atoms with van der Waals surface area (Å²) >= 11 is 0. The summed E-state index contributed by atoms with van der Waals surface area (Å²) in [5.41, 5.74) is -0.336. The molecular formula is C9H10N2O4. The molecule has 0 radical (unpaired) electrons. The van der Waals surface area contributed by atoms with Crippen molar-refractivity contribution in [2.24, 2.45) is 0 Å². The van der Waals surface area contributed by atoms with Crippen molar-refractivity contribution in [3.8, 4) is 0 Å². The van der Waals surface area contributed by atoms with Crippen molar-refractivity contribution in [2.45, 2.75) is 13.5 Å². The van der Waals surface area contributed by atoms with Gasteiger partial charge >= 0.3 is 5.97 Å². The van der Waals surface area contributed by atoms with Crippen LogP contribution in [0.25, 0.3) is 0 Å². The number of aromatic carboxylic acids is 1. The zero-order valence-corrected chi connectivity index (χ0v) is 8.14. The molecule has 1 heterocycles. The van der Waals surface area contributed by atoms with Gasteiger partial charge < -0.3 is 9.84 Å². The Bertz CT molecular complexity index is 378. The summed E-state index contributed by atoms with van der Waals surface area (Å²) < 4.78 is 5.02. The summed E-state index contributed by atoms with van der Waals surface area (Å²) in [6.45, 7) is 2.43. The Hall–Kier alpha value is -1.82. The van der Waals surface area contributed by atoms with Gasteiger partial charge in [0.2, 0.25) is 0 Å². The molecule has 0 spiro atoms. The summed E-state index contributed by atoms with van der Waals surface area (Å²) in [5.74, 6) is -1.00. The van der Waals surface area contributed by atoms with Gasteiger partial charge in [0.05, 0.1) is 5.56 Å². The lowest BCUT2D eigenvalue weighted by molar-refractivity contribution is 0.0685. The van der Waals surface area contributed by atoms with Crippen molar-refractivity contribution in [1.82, 2.24) is 9.97 Å². The molecule has 6 heteroatoms. The van der Waals surface area contributed by atoms with Gasteiger partial charge in [-0.25, -0.2) is 14.8 Å². The average Bonchev–Trinajstić information content (AvgIpc) is 2.25. The van der Waals surface area contributed by atoms with Gasteiger partial charge in [0.25, 0.3) is 0 Å². The van der Waals surface area contributed by atoms with E-state index in [-0.39, 0.29) is 23.7 Å². The Morgan fingerprint density at radius 2 is 2.40 bits per heavy atom. The fourth-order valence-electron chi connectivity index (χ4n) is 0.948. The van der Waals surface area contributed by atoms with E-state index in [0.717, 1.165) is 0 Å². The molecule has 0 aliphatic rings. The molecule has 1 aromatic heterocycles. The van der Waals surface area contributed by atoms with Crippen LogP contribution in [0.15, 0.2) is 6.20 Å². The van der Waals surface area contributed by atoms with Gasteiger partial charge in [-0.15, -0.1) is 0 Å². The highest BCUT2D eigenvalue weighted by Crippen LogP contribution is 2.03. The number of rotatable bonds is 5. The van der Waals surface area contributed by atoms with Gasteiger partial charge in [-0.3, -0.25) is 4.79 Å². The maximum atomic E-state index is 10.7. The molecule has 0 amide bonds. The van der Waals surface area contributed by atoms with Crippen LogP contribution in [0.4, 0.5) is 0 Å². The Kier molecular flexibility index (Phi) is 3.87. The monoisotopic (exact) mass is 210 g/mol. The van der Waals surface area contributed by atoms with Crippen molar-refractivity contribution >= 4 is 12.3 Å². The Morgan fingerprint density at radius 1 is 1.67 bits per heavy atom. The zero-order chi connectivity index (χ0) is 11.3. The first-order valence-electron chi connectivity index (χ1n) is 4.31. The number of nitrogens with zero attached hydrogens (tertiary/aromatic N) is 2. The van der Waals surface area contributed by atoms with Gasteiger partial charge in [-0.05, 0) is 6.92 Å². The first kappa shape index (κ1) is 11.3. The largest absolute Gasteiger partial charge is 0.476 e. The van der Waals surface area contributed by atoms with Crippen LogP contribution in [0, 0.1) is 0 Å². The number of carboxylic acids is 1. The predicted molar refractivity (Wildman–Crippen MR) is 49.7 cm³/mol. The standard InChI is InChI=1S/C9H10N2O4/c1-2-15-5-7-10-3-6(4-12)8(11-7)9(13)14/h3-4H,2,5H2,1H3,(H,13,14). The quantitative estimate of drug-likeness (QED) is 0.713. The summed E-state index contributed by atoms with van der Waals surface area (Å²) in [6.07, 6.45) is 1.59. The van der Waals surface area contributed by atoms with Crippen LogP contribution in [-0.2, 0) is 11.3 Å². The lowest BCUT2D eigenvalue weighted by Crippen LogP contribution is -2.10. The molecular weight excluding hydrogens is 200 g/mol. The van der Waals surface area contributed by atoms with Crippen molar-refractivity contribution in [3.63, 3.8) is 0 Å². The molecule has 1 rings (SSSR count). The smallest absolute Gasteiger partial charge is 0.355 e. The summed E-state index contributed by atoms with van der Waals surface area (Å²) in [4.78, 5) is 28.7. The Labute approximate surface area is 85.9 Å². The second-order valence-corrected chi connectivity index (χ2v) is 2.65. The van der Waals surface area contributed by atoms with Crippen LogP contribution in [0.5, 0.6) is 0 Å². The summed E-state index contributed by atoms with van der Waals surface area (Å²) in [7, 11) is 0. The first-order chi connectivity index (χ1) is 7.19.